The molecule has 0 heterocycles. The van der Waals surface area contributed by atoms with E-state index in [1.807, 2.05) is 31.4 Å². The second-order valence-electron chi connectivity index (χ2n) is 4.90. The fraction of sp³-hybridized carbons (Fsp3) is 0.222. The summed E-state index contributed by atoms with van der Waals surface area (Å²) in [6.07, 6.45) is 1.93. The van der Waals surface area contributed by atoms with Gasteiger partial charge in [-0.25, -0.2) is 4.79 Å². The van der Waals surface area contributed by atoms with Gasteiger partial charge in [-0.2, -0.15) is 0 Å². The first-order valence-corrected chi connectivity index (χ1v) is 8.51. The van der Waals surface area contributed by atoms with Gasteiger partial charge in [0.25, 0.3) is 5.91 Å². The van der Waals surface area contributed by atoms with Gasteiger partial charge in [-0.15, -0.1) is 11.8 Å². The van der Waals surface area contributed by atoms with Crippen molar-refractivity contribution in [2.75, 3.05) is 18.2 Å². The summed E-state index contributed by atoms with van der Waals surface area (Å²) < 4.78 is 4.99. The highest BCUT2D eigenvalue weighted by Crippen LogP contribution is 2.23. The van der Waals surface area contributed by atoms with E-state index in [0.717, 1.165) is 10.5 Å². The SMILES string of the molecule is CCOC(=O)c1ccc(C)c(NC(=O)c2ccccc2SC)c1. The van der Waals surface area contributed by atoms with Crippen molar-refractivity contribution in [3.05, 3.63) is 59.2 Å². The van der Waals surface area contributed by atoms with Crippen LogP contribution in [0.1, 0.15) is 33.2 Å². The summed E-state index contributed by atoms with van der Waals surface area (Å²) in [6, 6.07) is 12.5. The Hall–Kier alpha value is -2.27. The molecule has 0 aliphatic heterocycles. The molecule has 120 valence electrons. The number of anilines is 1. The second-order valence-corrected chi connectivity index (χ2v) is 5.75. The first-order chi connectivity index (χ1) is 11.1. The molecule has 0 aromatic heterocycles. The molecular weight excluding hydrogens is 310 g/mol. The summed E-state index contributed by atoms with van der Waals surface area (Å²) in [5.41, 5.74) is 2.52. The molecule has 0 fully saturated rings. The van der Waals surface area contributed by atoms with E-state index in [1.54, 1.807) is 31.2 Å². The zero-order valence-corrected chi connectivity index (χ0v) is 14.2. The Morgan fingerprint density at radius 3 is 2.61 bits per heavy atom. The normalized spacial score (nSPS) is 10.2. The summed E-state index contributed by atoms with van der Waals surface area (Å²) in [5, 5.41) is 2.88. The lowest BCUT2D eigenvalue weighted by Crippen LogP contribution is -2.14. The Morgan fingerprint density at radius 2 is 1.91 bits per heavy atom. The third kappa shape index (κ3) is 4.13. The van der Waals surface area contributed by atoms with Gasteiger partial charge in [0.1, 0.15) is 0 Å². The summed E-state index contributed by atoms with van der Waals surface area (Å²) in [7, 11) is 0. The van der Waals surface area contributed by atoms with Crippen LogP contribution in [0, 0.1) is 6.92 Å². The average molecular weight is 329 g/mol. The highest BCUT2D eigenvalue weighted by molar-refractivity contribution is 7.98. The zero-order valence-electron chi connectivity index (χ0n) is 13.4. The monoisotopic (exact) mass is 329 g/mol. The predicted octanol–water partition coefficient (Wildman–Crippen LogP) is 4.15. The summed E-state index contributed by atoms with van der Waals surface area (Å²) in [6.45, 7) is 3.95. The lowest BCUT2D eigenvalue weighted by Gasteiger charge is -2.12. The Bertz CT molecular complexity index is 728. The van der Waals surface area contributed by atoms with E-state index in [4.69, 9.17) is 4.74 Å². The molecule has 0 saturated heterocycles. The number of nitrogens with one attached hydrogen (secondary N) is 1. The van der Waals surface area contributed by atoms with E-state index < -0.39 is 5.97 Å². The molecule has 0 unspecified atom stereocenters. The molecule has 5 heteroatoms. The largest absolute Gasteiger partial charge is 0.462 e. The van der Waals surface area contributed by atoms with E-state index in [1.165, 1.54) is 11.8 Å². The number of hydrogen-bond donors (Lipinski definition) is 1. The molecule has 0 atom stereocenters. The van der Waals surface area contributed by atoms with Crippen LogP contribution in [0.25, 0.3) is 0 Å². The fourth-order valence-corrected chi connectivity index (χ4v) is 2.72. The summed E-state index contributed by atoms with van der Waals surface area (Å²) in [4.78, 5) is 25.2. The minimum absolute atomic E-state index is 0.195. The Balaban J connectivity index is 2.27. The number of carbonyl (C=O) groups is 2. The minimum Gasteiger partial charge on any atom is -0.462 e. The smallest absolute Gasteiger partial charge is 0.338 e. The third-order valence-electron chi connectivity index (χ3n) is 3.35. The average Bonchev–Trinajstić information content (AvgIpc) is 2.56. The zero-order chi connectivity index (χ0) is 16.8. The first kappa shape index (κ1) is 17.1. The maximum absolute atomic E-state index is 12.5. The third-order valence-corrected chi connectivity index (χ3v) is 4.14. The van der Waals surface area contributed by atoms with E-state index in [9.17, 15) is 9.59 Å². The molecule has 2 aromatic rings. The first-order valence-electron chi connectivity index (χ1n) is 7.29. The highest BCUT2D eigenvalue weighted by atomic mass is 32.2. The topological polar surface area (TPSA) is 55.4 Å². The minimum atomic E-state index is -0.396. The molecule has 1 N–H and O–H groups in total. The van der Waals surface area contributed by atoms with Crippen LogP contribution in [0.15, 0.2) is 47.4 Å². The van der Waals surface area contributed by atoms with Gasteiger partial charge in [-0.1, -0.05) is 18.2 Å². The molecule has 0 aliphatic carbocycles. The maximum Gasteiger partial charge on any atom is 0.338 e. The van der Waals surface area contributed by atoms with Gasteiger partial charge in [0, 0.05) is 10.6 Å². The highest BCUT2D eigenvalue weighted by Gasteiger charge is 2.14. The van der Waals surface area contributed by atoms with Crippen LogP contribution >= 0.6 is 11.8 Å². The number of amides is 1. The molecule has 0 aliphatic rings. The number of thioether (sulfide) groups is 1. The van der Waals surface area contributed by atoms with Crippen molar-refractivity contribution in [1.82, 2.24) is 0 Å². The van der Waals surface area contributed by atoms with Crippen molar-refractivity contribution in [3.8, 4) is 0 Å². The van der Waals surface area contributed by atoms with Crippen LogP contribution in [0.2, 0.25) is 0 Å². The number of aryl methyl sites for hydroxylation is 1. The van der Waals surface area contributed by atoms with Gasteiger partial charge in [-0.05, 0) is 49.9 Å². The number of esters is 1. The van der Waals surface area contributed by atoms with Gasteiger partial charge in [0.15, 0.2) is 0 Å². The van der Waals surface area contributed by atoms with Gasteiger partial charge in [0.05, 0.1) is 17.7 Å². The number of ether oxygens (including phenoxy) is 1. The van der Waals surface area contributed by atoms with Crippen LogP contribution < -0.4 is 5.32 Å². The Labute approximate surface area is 140 Å². The quantitative estimate of drug-likeness (QED) is 0.661. The molecule has 0 radical (unpaired) electrons. The van der Waals surface area contributed by atoms with Crippen molar-refractivity contribution in [2.24, 2.45) is 0 Å². The number of carbonyl (C=O) groups excluding carboxylic acids is 2. The van der Waals surface area contributed by atoms with Crippen LogP contribution in [0.3, 0.4) is 0 Å². The molecule has 4 nitrogen and oxygen atoms in total. The lowest BCUT2D eigenvalue weighted by atomic mass is 10.1. The van der Waals surface area contributed by atoms with Gasteiger partial charge in [0.2, 0.25) is 0 Å². The molecule has 1 amide bonds. The van der Waals surface area contributed by atoms with Crippen LogP contribution in [-0.2, 0) is 4.74 Å². The predicted molar refractivity (Wildman–Crippen MR) is 93.3 cm³/mol. The van der Waals surface area contributed by atoms with E-state index in [2.05, 4.69) is 5.32 Å². The molecule has 2 rings (SSSR count). The van der Waals surface area contributed by atoms with Crippen molar-refractivity contribution in [3.63, 3.8) is 0 Å². The second kappa shape index (κ2) is 7.83. The molecule has 0 saturated carbocycles. The standard InChI is InChI=1S/C18H19NO3S/c1-4-22-18(21)13-10-9-12(2)15(11-13)19-17(20)14-7-5-6-8-16(14)23-3/h5-11H,4H2,1-3H3,(H,19,20). The van der Waals surface area contributed by atoms with Gasteiger partial charge < -0.3 is 10.1 Å². The van der Waals surface area contributed by atoms with Crippen LogP contribution in [0.4, 0.5) is 5.69 Å². The van der Waals surface area contributed by atoms with Crippen molar-refractivity contribution < 1.29 is 14.3 Å². The molecule has 0 spiro atoms. The van der Waals surface area contributed by atoms with Gasteiger partial charge in [-0.3, -0.25) is 4.79 Å². The van der Waals surface area contributed by atoms with E-state index >= 15 is 0 Å². The van der Waals surface area contributed by atoms with Crippen molar-refractivity contribution >= 4 is 29.3 Å². The number of rotatable bonds is 5. The summed E-state index contributed by atoms with van der Waals surface area (Å²) in [5.74, 6) is -0.591. The van der Waals surface area contributed by atoms with E-state index in [0.29, 0.717) is 23.4 Å². The molecule has 23 heavy (non-hydrogen) atoms. The summed E-state index contributed by atoms with van der Waals surface area (Å²) >= 11 is 1.52. The van der Waals surface area contributed by atoms with Crippen LogP contribution in [0.5, 0.6) is 0 Å². The van der Waals surface area contributed by atoms with E-state index in [-0.39, 0.29) is 5.91 Å². The maximum atomic E-state index is 12.5. The Morgan fingerprint density at radius 1 is 1.17 bits per heavy atom. The fourth-order valence-electron chi connectivity index (χ4n) is 2.12. The lowest BCUT2D eigenvalue weighted by molar-refractivity contribution is 0.0526. The number of hydrogen-bond acceptors (Lipinski definition) is 4. The molecule has 0 bridgehead atoms. The molecule has 2 aromatic carbocycles. The number of benzene rings is 2. The Kier molecular flexibility index (Phi) is 5.82. The van der Waals surface area contributed by atoms with Crippen LogP contribution in [-0.4, -0.2) is 24.7 Å². The van der Waals surface area contributed by atoms with Gasteiger partial charge >= 0.3 is 5.97 Å². The van der Waals surface area contributed by atoms with Crippen molar-refractivity contribution in [2.45, 2.75) is 18.7 Å². The van der Waals surface area contributed by atoms with Crippen molar-refractivity contribution in [1.29, 1.82) is 0 Å². The molecular formula is C18H19NO3S.